The summed E-state index contributed by atoms with van der Waals surface area (Å²) in [5, 5.41) is 6.38. The van der Waals surface area contributed by atoms with E-state index in [1.165, 1.54) is 6.26 Å². The molecule has 1 aliphatic rings. The van der Waals surface area contributed by atoms with Gasteiger partial charge in [0.15, 0.2) is 15.8 Å². The molecule has 0 saturated carbocycles. The van der Waals surface area contributed by atoms with Crippen molar-refractivity contribution in [2.45, 2.75) is 50.9 Å². The van der Waals surface area contributed by atoms with E-state index in [9.17, 15) is 8.42 Å². The number of hydrogen-bond acceptors (Lipinski definition) is 4. The van der Waals surface area contributed by atoms with Crippen LogP contribution >= 0.6 is 24.0 Å². The topological polar surface area (TPSA) is 79.8 Å². The van der Waals surface area contributed by atoms with Crippen molar-refractivity contribution in [2.75, 3.05) is 32.5 Å². The second kappa shape index (κ2) is 8.68. The normalized spacial score (nSPS) is 23.0. The Morgan fingerprint density at radius 2 is 2.00 bits per heavy atom. The Bertz CT molecular complexity index is 472. The first-order chi connectivity index (χ1) is 9.60. The zero-order valence-electron chi connectivity index (χ0n) is 14.2. The monoisotopic (exact) mass is 447 g/mol. The zero-order chi connectivity index (χ0) is 16.1. The zero-order valence-corrected chi connectivity index (χ0v) is 17.4. The van der Waals surface area contributed by atoms with Crippen LogP contribution in [0.1, 0.15) is 40.5 Å². The maximum atomic E-state index is 11.7. The fourth-order valence-electron chi connectivity index (χ4n) is 1.98. The van der Waals surface area contributed by atoms with Crippen LogP contribution in [0.5, 0.6) is 0 Å². The molecule has 1 unspecified atom stereocenters. The average Bonchev–Trinajstić information content (AvgIpc) is 2.79. The van der Waals surface area contributed by atoms with E-state index < -0.39 is 14.6 Å². The maximum Gasteiger partial charge on any atom is 0.191 e. The van der Waals surface area contributed by atoms with Crippen molar-refractivity contribution in [3.8, 4) is 0 Å². The maximum absolute atomic E-state index is 11.7. The summed E-state index contributed by atoms with van der Waals surface area (Å²) in [6.45, 7) is 9.85. The largest absolute Gasteiger partial charge is 0.373 e. The number of nitrogens with zero attached hydrogens (tertiary/aromatic N) is 1. The van der Waals surface area contributed by atoms with E-state index >= 15 is 0 Å². The predicted molar refractivity (Wildman–Crippen MR) is 102 cm³/mol. The lowest BCUT2D eigenvalue weighted by Gasteiger charge is -2.25. The molecule has 1 saturated heterocycles. The van der Waals surface area contributed by atoms with Crippen LogP contribution in [-0.4, -0.2) is 57.2 Å². The van der Waals surface area contributed by atoms with E-state index in [-0.39, 0.29) is 36.1 Å². The number of sulfone groups is 1. The fraction of sp³-hybridized carbons (Fsp3) is 0.929. The number of ether oxygens (including phenoxy) is 1. The Balaban J connectivity index is 0.00000441. The lowest BCUT2D eigenvalue weighted by molar-refractivity contribution is 0.0243. The number of hydrogen-bond donors (Lipinski definition) is 2. The minimum Gasteiger partial charge on any atom is -0.373 e. The Kier molecular flexibility index (Phi) is 8.64. The van der Waals surface area contributed by atoms with Gasteiger partial charge in [-0.15, -0.1) is 24.0 Å². The van der Waals surface area contributed by atoms with E-state index in [2.05, 4.69) is 22.5 Å². The van der Waals surface area contributed by atoms with Gasteiger partial charge in [0, 0.05) is 26.0 Å². The van der Waals surface area contributed by atoms with Gasteiger partial charge in [-0.2, -0.15) is 0 Å². The first-order valence-electron chi connectivity index (χ1n) is 7.45. The molecule has 0 aromatic carbocycles. The molecule has 0 spiro atoms. The van der Waals surface area contributed by atoms with Gasteiger partial charge in [0.25, 0.3) is 0 Å². The van der Waals surface area contributed by atoms with E-state index in [0.717, 1.165) is 26.0 Å². The van der Waals surface area contributed by atoms with E-state index in [1.54, 1.807) is 13.8 Å². The van der Waals surface area contributed by atoms with Gasteiger partial charge in [-0.05, 0) is 40.5 Å². The lowest BCUT2D eigenvalue weighted by Crippen LogP contribution is -2.46. The summed E-state index contributed by atoms with van der Waals surface area (Å²) in [6.07, 6.45) is 3.34. The lowest BCUT2D eigenvalue weighted by atomic mass is 10.0. The number of aliphatic imine (C=N–C) groups is 1. The molecule has 22 heavy (non-hydrogen) atoms. The molecule has 1 atom stereocenters. The van der Waals surface area contributed by atoms with Crippen molar-refractivity contribution in [2.24, 2.45) is 4.99 Å². The molecule has 2 N–H and O–H groups in total. The summed E-state index contributed by atoms with van der Waals surface area (Å²) in [4.78, 5) is 4.40. The molecule has 6 nitrogen and oxygen atoms in total. The second-order valence-corrected chi connectivity index (χ2v) is 9.13. The first-order valence-corrected chi connectivity index (χ1v) is 9.34. The molecule has 0 amide bonds. The van der Waals surface area contributed by atoms with Crippen molar-refractivity contribution in [1.82, 2.24) is 10.6 Å². The van der Waals surface area contributed by atoms with E-state index in [1.807, 2.05) is 6.92 Å². The highest BCUT2D eigenvalue weighted by atomic mass is 127. The van der Waals surface area contributed by atoms with Gasteiger partial charge in [0.05, 0.1) is 16.9 Å². The van der Waals surface area contributed by atoms with Crippen molar-refractivity contribution >= 4 is 39.8 Å². The molecule has 0 radical (unpaired) electrons. The third-order valence-electron chi connectivity index (χ3n) is 3.90. The predicted octanol–water partition coefficient (Wildman–Crippen LogP) is 1.55. The summed E-state index contributed by atoms with van der Waals surface area (Å²) in [6, 6.07) is 0. The van der Waals surface area contributed by atoms with Crippen LogP contribution in [-0.2, 0) is 14.6 Å². The molecular formula is C14H30IN3O3S. The van der Waals surface area contributed by atoms with Gasteiger partial charge < -0.3 is 15.4 Å². The highest BCUT2D eigenvalue weighted by molar-refractivity contribution is 14.0. The van der Waals surface area contributed by atoms with Crippen molar-refractivity contribution in [3.63, 3.8) is 0 Å². The molecule has 1 heterocycles. The molecular weight excluding hydrogens is 417 g/mol. The van der Waals surface area contributed by atoms with Crippen LogP contribution in [0.4, 0.5) is 0 Å². The highest BCUT2D eigenvalue weighted by Gasteiger charge is 2.31. The second-order valence-electron chi connectivity index (χ2n) is 6.48. The number of guanidine groups is 1. The molecule has 1 aliphatic heterocycles. The van der Waals surface area contributed by atoms with Crippen LogP contribution in [0.2, 0.25) is 0 Å². The number of nitrogens with one attached hydrogen (secondary N) is 2. The smallest absolute Gasteiger partial charge is 0.191 e. The fourth-order valence-corrected chi connectivity index (χ4v) is 2.27. The molecule has 8 heteroatoms. The minimum absolute atomic E-state index is 0. The SMILES string of the molecule is CCNC(=NCC(C)(C)S(C)(=O)=O)NCC1(C)CCCO1.I. The third kappa shape index (κ3) is 6.57. The van der Waals surface area contributed by atoms with Crippen molar-refractivity contribution in [3.05, 3.63) is 0 Å². The van der Waals surface area contributed by atoms with Gasteiger partial charge in [-0.3, -0.25) is 4.99 Å². The van der Waals surface area contributed by atoms with Gasteiger partial charge in [0.2, 0.25) is 0 Å². The molecule has 0 aliphatic carbocycles. The van der Waals surface area contributed by atoms with Gasteiger partial charge >= 0.3 is 0 Å². The van der Waals surface area contributed by atoms with Crippen LogP contribution in [0.15, 0.2) is 4.99 Å². The molecule has 0 bridgehead atoms. The Morgan fingerprint density at radius 3 is 2.45 bits per heavy atom. The summed E-state index contributed by atoms with van der Waals surface area (Å²) in [5.74, 6) is 0.631. The summed E-state index contributed by atoms with van der Waals surface area (Å²) in [7, 11) is -3.14. The number of halogens is 1. The van der Waals surface area contributed by atoms with E-state index in [4.69, 9.17) is 4.74 Å². The Morgan fingerprint density at radius 1 is 1.36 bits per heavy atom. The molecule has 132 valence electrons. The Labute approximate surface area is 151 Å². The van der Waals surface area contributed by atoms with Crippen molar-refractivity contribution < 1.29 is 13.2 Å². The number of rotatable bonds is 6. The van der Waals surface area contributed by atoms with Gasteiger partial charge in [0.1, 0.15) is 0 Å². The van der Waals surface area contributed by atoms with Crippen LogP contribution in [0, 0.1) is 0 Å². The molecule has 1 fully saturated rings. The molecule has 0 aromatic heterocycles. The van der Waals surface area contributed by atoms with Crippen molar-refractivity contribution in [1.29, 1.82) is 0 Å². The molecule has 0 aromatic rings. The average molecular weight is 447 g/mol. The standard InChI is InChI=1S/C14H29N3O3S.HI/c1-6-15-12(16-10-13(2,3)21(5,18)19)17-11-14(4)8-7-9-20-14;/h6-11H2,1-5H3,(H2,15,16,17);1H. The minimum atomic E-state index is -3.14. The first kappa shape index (κ1) is 21.9. The summed E-state index contributed by atoms with van der Waals surface area (Å²) >= 11 is 0. The third-order valence-corrected chi connectivity index (χ3v) is 6.03. The summed E-state index contributed by atoms with van der Waals surface area (Å²) < 4.78 is 28.3. The van der Waals surface area contributed by atoms with Crippen LogP contribution < -0.4 is 10.6 Å². The highest BCUT2D eigenvalue weighted by Crippen LogP contribution is 2.23. The quantitative estimate of drug-likeness (QED) is 0.367. The van der Waals surface area contributed by atoms with Gasteiger partial charge in [-0.25, -0.2) is 8.42 Å². The van der Waals surface area contributed by atoms with Crippen LogP contribution in [0.25, 0.3) is 0 Å². The molecule has 1 rings (SSSR count). The van der Waals surface area contributed by atoms with Gasteiger partial charge in [-0.1, -0.05) is 0 Å². The Hall–Kier alpha value is -0.0900. The van der Waals surface area contributed by atoms with E-state index in [0.29, 0.717) is 12.5 Å². The summed E-state index contributed by atoms with van der Waals surface area (Å²) in [5.41, 5.74) is -0.164. The van der Waals surface area contributed by atoms with Crippen LogP contribution in [0.3, 0.4) is 0 Å².